The summed E-state index contributed by atoms with van der Waals surface area (Å²) in [7, 11) is 0. The fraction of sp³-hybridized carbons (Fsp3) is 0.125. The van der Waals surface area contributed by atoms with Gasteiger partial charge in [0.25, 0.3) is 0 Å². The highest BCUT2D eigenvalue weighted by molar-refractivity contribution is 6.30. The molecule has 4 heteroatoms. The number of carbonyl (C=O) groups is 1. The Kier molecular flexibility index (Phi) is 4.91. The Morgan fingerprint density at radius 1 is 1.25 bits per heavy atom. The molecule has 0 spiro atoms. The second-order valence-electron chi connectivity index (χ2n) is 4.25. The van der Waals surface area contributed by atoms with Crippen LogP contribution in [-0.2, 0) is 6.42 Å². The van der Waals surface area contributed by atoms with Crippen LogP contribution in [0.2, 0.25) is 5.02 Å². The number of aryl methyl sites for hydroxylation is 1. The van der Waals surface area contributed by atoms with Crippen molar-refractivity contribution in [1.29, 1.82) is 0 Å². The van der Waals surface area contributed by atoms with Gasteiger partial charge < -0.3 is 5.32 Å². The molecule has 0 aliphatic heterocycles. The van der Waals surface area contributed by atoms with E-state index in [1.807, 2.05) is 24.3 Å². The highest BCUT2D eigenvalue weighted by Gasteiger charge is 2.01. The van der Waals surface area contributed by atoms with Crippen LogP contribution in [0.15, 0.2) is 54.9 Å². The Morgan fingerprint density at radius 3 is 2.60 bits per heavy atom. The molecule has 0 radical (unpaired) electrons. The maximum Gasteiger partial charge on any atom is 0.187 e. The van der Waals surface area contributed by atoms with Crippen molar-refractivity contribution in [2.75, 3.05) is 5.32 Å². The SMILES string of the molecule is CCc1ccc(C(=O)/C=C\Nc2ccc(Cl)cn2)cc1. The van der Waals surface area contributed by atoms with Gasteiger partial charge in [-0.2, -0.15) is 0 Å². The minimum atomic E-state index is -0.0471. The number of nitrogens with zero attached hydrogens (tertiary/aromatic N) is 1. The van der Waals surface area contributed by atoms with Crippen LogP contribution in [0, 0.1) is 0 Å². The first-order valence-electron chi connectivity index (χ1n) is 6.37. The summed E-state index contributed by atoms with van der Waals surface area (Å²) in [6.07, 6.45) is 5.57. The highest BCUT2D eigenvalue weighted by atomic mass is 35.5. The van der Waals surface area contributed by atoms with E-state index in [0.717, 1.165) is 6.42 Å². The van der Waals surface area contributed by atoms with Crippen molar-refractivity contribution in [2.45, 2.75) is 13.3 Å². The summed E-state index contributed by atoms with van der Waals surface area (Å²) in [6, 6.07) is 11.1. The van der Waals surface area contributed by atoms with Crippen molar-refractivity contribution in [1.82, 2.24) is 4.98 Å². The van der Waals surface area contributed by atoms with Crippen molar-refractivity contribution >= 4 is 23.2 Å². The summed E-state index contributed by atoms with van der Waals surface area (Å²) in [4.78, 5) is 16.0. The number of benzene rings is 1. The maximum atomic E-state index is 11.9. The van der Waals surface area contributed by atoms with Gasteiger partial charge >= 0.3 is 0 Å². The molecule has 0 bridgehead atoms. The van der Waals surface area contributed by atoms with Gasteiger partial charge in [0.2, 0.25) is 0 Å². The fourth-order valence-corrected chi connectivity index (χ4v) is 1.78. The number of allylic oxidation sites excluding steroid dienone is 1. The van der Waals surface area contributed by atoms with Gasteiger partial charge in [0.1, 0.15) is 5.82 Å². The lowest BCUT2D eigenvalue weighted by molar-refractivity contribution is 0.104. The molecule has 1 aromatic carbocycles. The van der Waals surface area contributed by atoms with Crippen LogP contribution >= 0.6 is 11.6 Å². The first-order chi connectivity index (χ1) is 9.69. The van der Waals surface area contributed by atoms with Crippen molar-refractivity contribution in [3.63, 3.8) is 0 Å². The third kappa shape index (κ3) is 3.93. The lowest BCUT2D eigenvalue weighted by Crippen LogP contribution is -1.97. The number of hydrogen-bond acceptors (Lipinski definition) is 3. The highest BCUT2D eigenvalue weighted by Crippen LogP contribution is 2.10. The van der Waals surface area contributed by atoms with Crippen molar-refractivity contribution in [2.24, 2.45) is 0 Å². The molecule has 20 heavy (non-hydrogen) atoms. The molecule has 1 N–H and O–H groups in total. The summed E-state index contributed by atoms with van der Waals surface area (Å²) in [5.41, 5.74) is 1.89. The van der Waals surface area contributed by atoms with E-state index in [0.29, 0.717) is 16.4 Å². The van der Waals surface area contributed by atoms with Crippen LogP contribution in [0.1, 0.15) is 22.8 Å². The normalized spacial score (nSPS) is 10.7. The Labute approximate surface area is 123 Å². The van der Waals surface area contributed by atoms with Gasteiger partial charge in [-0.1, -0.05) is 42.8 Å². The van der Waals surface area contributed by atoms with Crippen LogP contribution in [0.4, 0.5) is 5.82 Å². The first kappa shape index (κ1) is 14.3. The molecule has 0 saturated carbocycles. The summed E-state index contributed by atoms with van der Waals surface area (Å²) in [6.45, 7) is 2.08. The molecule has 102 valence electrons. The molecule has 0 aliphatic rings. The molecule has 1 heterocycles. The van der Waals surface area contributed by atoms with E-state index in [2.05, 4.69) is 17.2 Å². The molecule has 0 saturated heterocycles. The zero-order valence-electron chi connectivity index (χ0n) is 11.1. The molecule has 2 rings (SSSR count). The molecule has 2 aromatic rings. The average molecular weight is 287 g/mol. The number of hydrogen-bond donors (Lipinski definition) is 1. The Bertz CT molecular complexity index is 603. The van der Waals surface area contributed by atoms with Gasteiger partial charge in [-0.25, -0.2) is 4.98 Å². The van der Waals surface area contributed by atoms with Crippen molar-refractivity contribution in [3.8, 4) is 0 Å². The minimum absolute atomic E-state index is 0.0471. The van der Waals surface area contributed by atoms with E-state index >= 15 is 0 Å². The average Bonchev–Trinajstić information content (AvgIpc) is 2.49. The molecule has 3 nitrogen and oxygen atoms in total. The Balaban J connectivity index is 1.96. The van der Waals surface area contributed by atoms with E-state index in [-0.39, 0.29) is 5.78 Å². The summed E-state index contributed by atoms with van der Waals surface area (Å²) < 4.78 is 0. The number of aromatic nitrogens is 1. The van der Waals surface area contributed by atoms with Crippen LogP contribution < -0.4 is 5.32 Å². The number of pyridine rings is 1. The van der Waals surface area contributed by atoms with Gasteiger partial charge in [0.15, 0.2) is 5.78 Å². The summed E-state index contributed by atoms with van der Waals surface area (Å²) in [5.74, 6) is 0.592. The van der Waals surface area contributed by atoms with Crippen LogP contribution in [0.5, 0.6) is 0 Å². The van der Waals surface area contributed by atoms with Crippen molar-refractivity contribution in [3.05, 3.63) is 71.0 Å². The lowest BCUT2D eigenvalue weighted by atomic mass is 10.1. The molecule has 0 fully saturated rings. The summed E-state index contributed by atoms with van der Waals surface area (Å²) >= 11 is 5.74. The standard InChI is InChI=1S/C16H15ClN2O/c1-2-12-3-5-13(6-4-12)15(20)9-10-18-16-8-7-14(17)11-19-16/h3-11H,2H2,1H3,(H,18,19)/b10-9-. The number of rotatable bonds is 5. The molecule has 0 unspecified atom stereocenters. The maximum absolute atomic E-state index is 11.9. The minimum Gasteiger partial charge on any atom is -0.347 e. The summed E-state index contributed by atoms with van der Waals surface area (Å²) in [5, 5.41) is 3.50. The number of nitrogens with one attached hydrogen (secondary N) is 1. The lowest BCUT2D eigenvalue weighted by Gasteiger charge is -2.00. The van der Waals surface area contributed by atoms with E-state index in [1.165, 1.54) is 11.6 Å². The first-order valence-corrected chi connectivity index (χ1v) is 6.74. The third-order valence-corrected chi connectivity index (χ3v) is 3.06. The molecular weight excluding hydrogens is 272 g/mol. The Morgan fingerprint density at radius 2 is 2.00 bits per heavy atom. The Hall–Kier alpha value is -2.13. The second kappa shape index (κ2) is 6.87. The number of ketones is 1. The zero-order chi connectivity index (χ0) is 14.4. The molecule has 1 aromatic heterocycles. The molecular formula is C16H15ClN2O. The van der Waals surface area contributed by atoms with Gasteiger partial charge in [0.05, 0.1) is 5.02 Å². The van der Waals surface area contributed by atoms with E-state index < -0.39 is 0 Å². The van der Waals surface area contributed by atoms with Gasteiger partial charge in [-0.05, 0) is 24.1 Å². The quantitative estimate of drug-likeness (QED) is 0.664. The van der Waals surface area contributed by atoms with Crippen LogP contribution in [0.3, 0.4) is 0 Å². The van der Waals surface area contributed by atoms with Crippen LogP contribution in [0.25, 0.3) is 0 Å². The monoisotopic (exact) mass is 286 g/mol. The van der Waals surface area contributed by atoms with Gasteiger partial charge in [-0.3, -0.25) is 4.79 Å². The smallest absolute Gasteiger partial charge is 0.187 e. The largest absolute Gasteiger partial charge is 0.347 e. The molecule has 0 amide bonds. The molecule has 0 atom stereocenters. The van der Waals surface area contributed by atoms with Crippen LogP contribution in [-0.4, -0.2) is 10.8 Å². The predicted molar refractivity (Wildman–Crippen MR) is 82.2 cm³/mol. The third-order valence-electron chi connectivity index (χ3n) is 2.84. The number of anilines is 1. The fourth-order valence-electron chi connectivity index (χ4n) is 1.66. The van der Waals surface area contributed by atoms with Gasteiger partial charge in [0, 0.05) is 24.0 Å². The van der Waals surface area contributed by atoms with E-state index in [9.17, 15) is 4.79 Å². The zero-order valence-corrected chi connectivity index (χ0v) is 11.9. The van der Waals surface area contributed by atoms with Gasteiger partial charge in [-0.15, -0.1) is 0 Å². The van der Waals surface area contributed by atoms with E-state index in [1.54, 1.807) is 24.5 Å². The number of carbonyl (C=O) groups excluding carboxylic acids is 1. The predicted octanol–water partition coefficient (Wildman–Crippen LogP) is 4.11. The topological polar surface area (TPSA) is 42.0 Å². The second-order valence-corrected chi connectivity index (χ2v) is 4.69. The number of halogens is 1. The molecule has 0 aliphatic carbocycles. The van der Waals surface area contributed by atoms with E-state index in [4.69, 9.17) is 11.6 Å². The van der Waals surface area contributed by atoms with Crippen molar-refractivity contribution < 1.29 is 4.79 Å².